The van der Waals surface area contributed by atoms with Crippen molar-refractivity contribution in [2.45, 2.75) is 22.9 Å². The van der Waals surface area contributed by atoms with Gasteiger partial charge in [0.05, 0.1) is 5.69 Å². The van der Waals surface area contributed by atoms with Crippen molar-refractivity contribution in [3.8, 4) is 0 Å². The maximum absolute atomic E-state index is 14.3. The maximum Gasteiger partial charge on any atom is 0.525 e. The average molecular weight is 440 g/mol. The quantitative estimate of drug-likeness (QED) is 0.357. The Morgan fingerprint density at radius 2 is 1.86 bits per heavy atom. The average Bonchev–Trinajstić information content (AvgIpc) is 2.56. The van der Waals surface area contributed by atoms with Crippen LogP contribution in [0.1, 0.15) is 0 Å². The summed E-state index contributed by atoms with van der Waals surface area (Å²) in [5.74, 6) is -1.18. The van der Waals surface area contributed by atoms with E-state index < -0.39 is 53.2 Å². The number of halogens is 7. The van der Waals surface area contributed by atoms with E-state index in [0.717, 1.165) is 17.0 Å². The van der Waals surface area contributed by atoms with Crippen LogP contribution in [0.25, 0.3) is 0 Å². The number of ether oxygens (including phenoxy) is 3. The van der Waals surface area contributed by atoms with Gasteiger partial charge in [0.15, 0.2) is 0 Å². The zero-order valence-electron chi connectivity index (χ0n) is 14.4. The molecule has 0 heterocycles. The Bertz CT molecular complexity index is 663. The number of anilines is 1. The Kier molecular flexibility index (Phi) is 8.78. The van der Waals surface area contributed by atoms with E-state index in [0.29, 0.717) is 6.07 Å². The molecule has 0 radical (unpaired) electrons. The molecule has 0 bridgehead atoms. The predicted octanol–water partition coefficient (Wildman–Crippen LogP) is 4.07. The summed E-state index contributed by atoms with van der Waals surface area (Å²) in [6.45, 7) is -0.626. The van der Waals surface area contributed by atoms with Crippen molar-refractivity contribution in [1.29, 1.82) is 0 Å². The topological polar surface area (TPSA) is 60.0 Å². The highest BCUT2D eigenvalue weighted by Crippen LogP contribution is 2.42. The van der Waals surface area contributed by atoms with Crippen molar-refractivity contribution in [1.82, 2.24) is 5.32 Å². The van der Waals surface area contributed by atoms with E-state index in [-0.39, 0.29) is 12.4 Å². The molecular weight excluding hydrogens is 425 g/mol. The van der Waals surface area contributed by atoms with Crippen molar-refractivity contribution in [3.63, 3.8) is 0 Å². The molecular formula is C14H15F7N2O4S. The Labute approximate surface area is 158 Å². The normalized spacial score (nSPS) is 13.3. The summed E-state index contributed by atoms with van der Waals surface area (Å²) in [6, 6.07) is 1.43. The molecule has 0 saturated carbocycles. The summed E-state index contributed by atoms with van der Waals surface area (Å²) in [4.78, 5) is 12.1. The van der Waals surface area contributed by atoms with Gasteiger partial charge in [0, 0.05) is 19.1 Å². The number of carbonyl (C=O) groups is 1. The van der Waals surface area contributed by atoms with Gasteiger partial charge in [0.25, 0.3) is 6.36 Å². The fourth-order valence-corrected chi connectivity index (χ4v) is 2.51. The van der Waals surface area contributed by atoms with Crippen LogP contribution in [-0.2, 0) is 14.2 Å². The molecule has 0 spiro atoms. The highest BCUT2D eigenvalue weighted by molar-refractivity contribution is 8.00. The Balaban J connectivity index is 2.99. The van der Waals surface area contributed by atoms with Gasteiger partial charge in [-0.05, 0) is 30.0 Å². The number of carbonyl (C=O) groups excluding carboxylic acids is 1. The first-order valence-corrected chi connectivity index (χ1v) is 8.01. The minimum atomic E-state index is -5.62. The van der Waals surface area contributed by atoms with Gasteiger partial charge in [-0.1, -0.05) is 0 Å². The lowest BCUT2D eigenvalue weighted by atomic mass is 10.3. The monoisotopic (exact) mass is 440 g/mol. The van der Waals surface area contributed by atoms with Gasteiger partial charge in [-0.15, -0.1) is 13.2 Å². The van der Waals surface area contributed by atoms with Gasteiger partial charge in [-0.25, -0.2) is 18.3 Å². The number of methoxy groups -OCH3 is 2. The fraction of sp³-hybridized carbons (Fsp3) is 0.500. The number of benzene rings is 1. The van der Waals surface area contributed by atoms with Crippen LogP contribution in [0.5, 0.6) is 0 Å². The molecule has 14 heteroatoms. The molecule has 2 amide bonds. The van der Waals surface area contributed by atoms with E-state index in [4.69, 9.17) is 4.74 Å². The number of alkyl halides is 6. The molecule has 6 nitrogen and oxygen atoms in total. The molecule has 0 saturated heterocycles. The molecule has 160 valence electrons. The number of nitrogens with zero attached hydrogens (tertiary/aromatic N) is 1. The summed E-state index contributed by atoms with van der Waals surface area (Å²) in [6.07, 6.45) is -9.63. The number of thioether (sulfide) groups is 1. The van der Waals surface area contributed by atoms with Crippen molar-refractivity contribution >= 4 is 23.5 Å². The molecule has 0 aromatic heterocycles. The smallest absolute Gasteiger partial charge is 0.364 e. The van der Waals surface area contributed by atoms with E-state index >= 15 is 0 Å². The largest absolute Gasteiger partial charge is 0.525 e. The van der Waals surface area contributed by atoms with E-state index in [9.17, 15) is 35.5 Å². The first-order valence-electron chi connectivity index (χ1n) is 7.19. The summed E-state index contributed by atoms with van der Waals surface area (Å²) in [7, 11) is 2.50. The first kappa shape index (κ1) is 24.3. The zero-order chi connectivity index (χ0) is 21.5. The summed E-state index contributed by atoms with van der Waals surface area (Å²) in [5.41, 5.74) is -0.383. The number of hydrogen-bond acceptors (Lipinski definition) is 5. The number of amides is 2. The molecule has 1 rings (SSSR count). The summed E-state index contributed by atoms with van der Waals surface area (Å²) in [5, 5.41) is -2.41. The highest BCUT2D eigenvalue weighted by Gasteiger charge is 2.49. The van der Waals surface area contributed by atoms with Gasteiger partial charge in [0.1, 0.15) is 19.3 Å². The van der Waals surface area contributed by atoms with Gasteiger partial charge in [0.2, 0.25) is 0 Å². The van der Waals surface area contributed by atoms with Crippen LogP contribution < -0.4 is 10.2 Å². The van der Waals surface area contributed by atoms with Gasteiger partial charge < -0.3 is 14.8 Å². The minimum absolute atomic E-state index is 0.210. The predicted molar refractivity (Wildman–Crippen MR) is 84.0 cm³/mol. The molecule has 28 heavy (non-hydrogen) atoms. The summed E-state index contributed by atoms with van der Waals surface area (Å²) < 4.78 is 102. The second-order valence-corrected chi connectivity index (χ2v) is 6.14. The van der Waals surface area contributed by atoms with Crippen LogP contribution in [0.15, 0.2) is 23.1 Å². The molecule has 0 aliphatic rings. The molecule has 1 atom stereocenters. The Morgan fingerprint density at radius 1 is 1.21 bits per heavy atom. The van der Waals surface area contributed by atoms with Crippen LogP contribution in [0.3, 0.4) is 0 Å². The van der Waals surface area contributed by atoms with E-state index in [2.05, 4.69) is 14.8 Å². The Morgan fingerprint density at radius 3 is 2.36 bits per heavy atom. The number of rotatable bonds is 9. The molecule has 1 aromatic carbocycles. The molecule has 0 fully saturated rings. The van der Waals surface area contributed by atoms with Crippen LogP contribution in [0.4, 0.5) is 41.2 Å². The minimum Gasteiger partial charge on any atom is -0.364 e. The van der Waals surface area contributed by atoms with Crippen molar-refractivity contribution in [2.75, 3.05) is 32.6 Å². The molecule has 1 unspecified atom stereocenters. The van der Waals surface area contributed by atoms with Crippen LogP contribution >= 0.6 is 11.8 Å². The lowest BCUT2D eigenvalue weighted by Crippen LogP contribution is -2.42. The number of urea groups is 1. The van der Waals surface area contributed by atoms with Gasteiger partial charge in [-0.3, -0.25) is 4.90 Å². The Hall–Kier alpha value is -1.77. The fourth-order valence-electron chi connectivity index (χ4n) is 1.76. The van der Waals surface area contributed by atoms with Crippen molar-refractivity contribution in [2.24, 2.45) is 0 Å². The second kappa shape index (κ2) is 10.1. The lowest BCUT2D eigenvalue weighted by Gasteiger charge is -2.24. The lowest BCUT2D eigenvalue weighted by molar-refractivity contribution is -0.377. The SMILES string of the molecule is COCNC(=O)N(COC)c1ccc(SC(F)(F)C(F)OC(F)(F)F)cc1F. The number of hydrogen-bond donors (Lipinski definition) is 1. The van der Waals surface area contributed by atoms with E-state index in [1.165, 1.54) is 14.2 Å². The highest BCUT2D eigenvalue weighted by atomic mass is 32.2. The third-order valence-corrected chi connectivity index (χ3v) is 3.78. The molecule has 1 aromatic rings. The maximum atomic E-state index is 14.3. The molecule has 1 N–H and O–H groups in total. The van der Waals surface area contributed by atoms with Crippen molar-refractivity contribution in [3.05, 3.63) is 24.0 Å². The van der Waals surface area contributed by atoms with Crippen LogP contribution in [-0.4, -0.2) is 51.7 Å². The van der Waals surface area contributed by atoms with Gasteiger partial charge >= 0.3 is 17.6 Å². The van der Waals surface area contributed by atoms with E-state index in [1.54, 1.807) is 0 Å². The zero-order valence-corrected chi connectivity index (χ0v) is 15.2. The number of nitrogens with one attached hydrogen (secondary N) is 1. The molecule has 0 aliphatic heterocycles. The van der Waals surface area contributed by atoms with Gasteiger partial charge in [-0.2, -0.15) is 8.78 Å². The third kappa shape index (κ3) is 7.33. The summed E-state index contributed by atoms with van der Waals surface area (Å²) >= 11 is -0.679. The standard InChI is InChI=1S/C14H15F7N2O4S/c1-25-6-22-12(24)23(7-26-2)10-4-3-8(5-9(10)15)28-13(17,18)11(16)27-14(19,20)21/h3-5,11H,6-7H2,1-2H3,(H,22,24). The van der Waals surface area contributed by atoms with E-state index in [1.807, 2.05) is 0 Å². The van der Waals surface area contributed by atoms with Crippen molar-refractivity contribution < 1.29 is 49.7 Å². The van der Waals surface area contributed by atoms with Crippen LogP contribution in [0, 0.1) is 5.82 Å². The molecule has 0 aliphatic carbocycles. The van der Waals surface area contributed by atoms with Crippen LogP contribution in [0.2, 0.25) is 0 Å². The second-order valence-electron chi connectivity index (χ2n) is 4.92. The first-order chi connectivity index (χ1) is 12.9. The third-order valence-electron chi connectivity index (χ3n) is 2.84.